The van der Waals surface area contributed by atoms with E-state index in [-0.39, 0.29) is 18.4 Å². The lowest BCUT2D eigenvalue weighted by atomic mass is 10.1. The minimum atomic E-state index is 0.0152. The molecule has 1 aromatic carbocycles. The lowest BCUT2D eigenvalue weighted by molar-refractivity contribution is -0.131. The van der Waals surface area contributed by atoms with E-state index in [9.17, 15) is 4.79 Å². The lowest BCUT2D eigenvalue weighted by Gasteiger charge is -2.25. The fraction of sp³-hybridized carbons (Fsp3) is 0.389. The second kappa shape index (κ2) is 8.06. The number of rotatable bonds is 7. The molecule has 6 heteroatoms. The van der Waals surface area contributed by atoms with Gasteiger partial charge >= 0.3 is 0 Å². The van der Waals surface area contributed by atoms with Crippen LogP contribution in [-0.4, -0.2) is 39.2 Å². The van der Waals surface area contributed by atoms with E-state index in [1.54, 1.807) is 43.6 Å². The zero-order chi connectivity index (χ0) is 17.7. The first kappa shape index (κ1) is 18.1. The summed E-state index contributed by atoms with van der Waals surface area (Å²) in [6, 6.07) is 7.68. The molecule has 5 nitrogen and oxygen atoms in total. The molecular formula is C18H23NO4S. The molecule has 0 N–H and O–H groups in total. The Balaban J connectivity index is 2.22. The molecule has 0 saturated heterocycles. The van der Waals surface area contributed by atoms with E-state index in [0.29, 0.717) is 17.2 Å². The van der Waals surface area contributed by atoms with Crippen LogP contribution >= 0.6 is 11.3 Å². The van der Waals surface area contributed by atoms with Gasteiger partial charge in [0.05, 0.1) is 33.8 Å². The van der Waals surface area contributed by atoms with Crippen molar-refractivity contribution < 1.29 is 19.0 Å². The Labute approximate surface area is 146 Å². The molecule has 2 aromatic rings. The molecule has 0 aliphatic rings. The predicted molar refractivity (Wildman–Crippen MR) is 95.3 cm³/mol. The van der Waals surface area contributed by atoms with Crippen LogP contribution in [0.15, 0.2) is 29.6 Å². The number of benzene rings is 1. The van der Waals surface area contributed by atoms with Crippen molar-refractivity contribution in [3.05, 3.63) is 40.1 Å². The highest BCUT2D eigenvalue weighted by molar-refractivity contribution is 7.10. The summed E-state index contributed by atoms with van der Waals surface area (Å²) < 4.78 is 16.1. The molecule has 130 valence electrons. The summed E-state index contributed by atoms with van der Waals surface area (Å²) in [4.78, 5) is 15.6. The number of hydrogen-bond donors (Lipinski definition) is 0. The summed E-state index contributed by atoms with van der Waals surface area (Å²) >= 11 is 1.65. The Bertz CT molecular complexity index is 685. The van der Waals surface area contributed by atoms with Crippen molar-refractivity contribution in [2.24, 2.45) is 0 Å². The minimum absolute atomic E-state index is 0.0152. The van der Waals surface area contributed by atoms with Crippen molar-refractivity contribution >= 4 is 17.2 Å². The average Bonchev–Trinajstić information content (AvgIpc) is 3.14. The van der Waals surface area contributed by atoms with Gasteiger partial charge in [0.15, 0.2) is 11.5 Å². The number of amides is 1. The molecule has 1 aromatic heterocycles. The van der Waals surface area contributed by atoms with Crippen molar-refractivity contribution in [2.45, 2.75) is 19.4 Å². The summed E-state index contributed by atoms with van der Waals surface area (Å²) in [7, 11) is 6.50. The lowest BCUT2D eigenvalue weighted by Crippen LogP contribution is -2.30. The molecule has 0 aliphatic heterocycles. The Kier molecular flexibility index (Phi) is 6.09. The fourth-order valence-electron chi connectivity index (χ4n) is 2.53. The van der Waals surface area contributed by atoms with Gasteiger partial charge in [-0.05, 0) is 24.4 Å². The molecule has 24 heavy (non-hydrogen) atoms. The fourth-order valence-corrected chi connectivity index (χ4v) is 3.35. The van der Waals surface area contributed by atoms with E-state index in [2.05, 4.69) is 0 Å². The molecule has 0 saturated carbocycles. The number of methoxy groups -OCH3 is 3. The topological polar surface area (TPSA) is 48.0 Å². The largest absolute Gasteiger partial charge is 0.493 e. The zero-order valence-electron chi connectivity index (χ0n) is 14.7. The molecule has 0 spiro atoms. The van der Waals surface area contributed by atoms with Gasteiger partial charge in [-0.25, -0.2) is 0 Å². The number of nitrogens with zero attached hydrogens (tertiary/aromatic N) is 1. The zero-order valence-corrected chi connectivity index (χ0v) is 15.5. The first-order valence-electron chi connectivity index (χ1n) is 7.60. The van der Waals surface area contributed by atoms with E-state index < -0.39 is 0 Å². The monoisotopic (exact) mass is 349 g/mol. The maximum atomic E-state index is 12.7. The molecule has 0 radical (unpaired) electrons. The number of carbonyl (C=O) groups excluding carboxylic acids is 1. The van der Waals surface area contributed by atoms with Crippen LogP contribution in [0, 0.1) is 0 Å². The van der Waals surface area contributed by atoms with Gasteiger partial charge in [0.25, 0.3) is 0 Å². The predicted octanol–water partition coefficient (Wildman–Crippen LogP) is 3.54. The van der Waals surface area contributed by atoms with Gasteiger partial charge in [0.2, 0.25) is 11.7 Å². The first-order chi connectivity index (χ1) is 11.5. The normalized spacial score (nSPS) is 11.7. The number of likely N-dealkylation sites (N-methyl/N-ethyl adjacent to an activating group) is 1. The SMILES string of the molecule is COc1ccc(CC(=O)N(C)[C@H](C)c2cccs2)c(OC)c1OC. The smallest absolute Gasteiger partial charge is 0.227 e. The maximum absolute atomic E-state index is 12.7. The highest BCUT2D eigenvalue weighted by Crippen LogP contribution is 2.40. The van der Waals surface area contributed by atoms with Crippen LogP contribution in [0.25, 0.3) is 0 Å². The number of carbonyl (C=O) groups is 1. The second-order valence-corrected chi connectivity index (χ2v) is 6.35. The number of hydrogen-bond acceptors (Lipinski definition) is 5. The van der Waals surface area contributed by atoms with Gasteiger partial charge in [-0.15, -0.1) is 11.3 Å². The van der Waals surface area contributed by atoms with Crippen molar-refractivity contribution in [3.63, 3.8) is 0 Å². The summed E-state index contributed by atoms with van der Waals surface area (Å²) in [5.74, 6) is 1.62. The third-order valence-corrected chi connectivity index (χ3v) is 5.10. The molecule has 0 bridgehead atoms. The summed E-state index contributed by atoms with van der Waals surface area (Å²) in [5, 5.41) is 2.02. The third-order valence-electron chi connectivity index (χ3n) is 4.06. The molecule has 0 aliphatic carbocycles. The third kappa shape index (κ3) is 3.64. The standard InChI is InChI=1S/C18H23NO4S/c1-12(15-7-6-10-24-15)19(2)16(20)11-13-8-9-14(21-3)18(23-5)17(13)22-4/h6-10,12H,11H2,1-5H3/t12-/m1/s1. The molecule has 0 fully saturated rings. The minimum Gasteiger partial charge on any atom is -0.493 e. The van der Waals surface area contributed by atoms with Crippen LogP contribution in [0.4, 0.5) is 0 Å². The molecule has 1 atom stereocenters. The van der Waals surface area contributed by atoms with E-state index in [0.717, 1.165) is 10.4 Å². The maximum Gasteiger partial charge on any atom is 0.227 e. The molecule has 2 rings (SSSR count). The van der Waals surface area contributed by atoms with E-state index in [4.69, 9.17) is 14.2 Å². The summed E-state index contributed by atoms with van der Waals surface area (Å²) in [5.41, 5.74) is 0.769. The van der Waals surface area contributed by atoms with Crippen molar-refractivity contribution in [3.8, 4) is 17.2 Å². The summed E-state index contributed by atoms with van der Waals surface area (Å²) in [6.07, 6.45) is 0.232. The van der Waals surface area contributed by atoms with Crippen LogP contribution < -0.4 is 14.2 Å². The van der Waals surface area contributed by atoms with Gasteiger partial charge in [-0.1, -0.05) is 12.1 Å². The number of ether oxygens (including phenoxy) is 3. The van der Waals surface area contributed by atoms with Crippen molar-refractivity contribution in [2.75, 3.05) is 28.4 Å². The highest BCUT2D eigenvalue weighted by atomic mass is 32.1. The second-order valence-electron chi connectivity index (χ2n) is 5.37. The van der Waals surface area contributed by atoms with E-state index >= 15 is 0 Å². The van der Waals surface area contributed by atoms with Crippen LogP contribution in [-0.2, 0) is 11.2 Å². The van der Waals surface area contributed by atoms with Crippen molar-refractivity contribution in [1.82, 2.24) is 4.90 Å². The Morgan fingerprint density at radius 3 is 2.38 bits per heavy atom. The van der Waals surface area contributed by atoms with Crippen LogP contribution in [0.5, 0.6) is 17.2 Å². The van der Waals surface area contributed by atoms with E-state index in [1.807, 2.05) is 37.6 Å². The van der Waals surface area contributed by atoms with Crippen molar-refractivity contribution in [1.29, 1.82) is 0 Å². The van der Waals surface area contributed by atoms with Gasteiger partial charge in [-0.2, -0.15) is 0 Å². The molecular weight excluding hydrogens is 326 g/mol. The van der Waals surface area contributed by atoms with Crippen LogP contribution in [0.2, 0.25) is 0 Å². The van der Waals surface area contributed by atoms with Crippen LogP contribution in [0.3, 0.4) is 0 Å². The quantitative estimate of drug-likeness (QED) is 0.767. The van der Waals surface area contributed by atoms with Gasteiger partial charge < -0.3 is 19.1 Å². The Morgan fingerprint density at radius 1 is 1.12 bits per heavy atom. The Morgan fingerprint density at radius 2 is 1.83 bits per heavy atom. The van der Waals surface area contributed by atoms with Crippen LogP contribution in [0.1, 0.15) is 23.4 Å². The Hall–Kier alpha value is -2.21. The average molecular weight is 349 g/mol. The highest BCUT2D eigenvalue weighted by Gasteiger charge is 2.22. The molecule has 0 unspecified atom stereocenters. The first-order valence-corrected chi connectivity index (χ1v) is 8.48. The van der Waals surface area contributed by atoms with Gasteiger partial charge in [0, 0.05) is 17.5 Å². The molecule has 1 amide bonds. The molecule has 1 heterocycles. The van der Waals surface area contributed by atoms with Gasteiger partial charge in [0.1, 0.15) is 0 Å². The van der Waals surface area contributed by atoms with E-state index in [1.165, 1.54) is 0 Å². The summed E-state index contributed by atoms with van der Waals surface area (Å²) in [6.45, 7) is 2.02. The van der Waals surface area contributed by atoms with Gasteiger partial charge in [-0.3, -0.25) is 4.79 Å². The number of thiophene rings is 1.